The molecule has 0 bridgehead atoms. The molecule has 0 radical (unpaired) electrons. The van der Waals surface area contributed by atoms with Crippen LogP contribution in [0.2, 0.25) is 0 Å². The Morgan fingerprint density at radius 3 is 2.64 bits per heavy atom. The third kappa shape index (κ3) is 6.76. The van der Waals surface area contributed by atoms with Crippen molar-refractivity contribution in [2.75, 3.05) is 31.9 Å². The van der Waals surface area contributed by atoms with E-state index in [2.05, 4.69) is 10.6 Å². The van der Waals surface area contributed by atoms with Gasteiger partial charge < -0.3 is 14.8 Å². The lowest BCUT2D eigenvalue weighted by Gasteiger charge is -2.17. The van der Waals surface area contributed by atoms with Gasteiger partial charge in [0.1, 0.15) is 5.75 Å². The van der Waals surface area contributed by atoms with E-state index in [0.717, 1.165) is 22.9 Å². The van der Waals surface area contributed by atoms with Crippen LogP contribution in [0.1, 0.15) is 12.5 Å². The summed E-state index contributed by atoms with van der Waals surface area (Å²) in [7, 11) is 1.37. The molecule has 2 N–H and O–H groups in total. The normalized spacial score (nSPS) is 17.3. The summed E-state index contributed by atoms with van der Waals surface area (Å²) in [4.78, 5) is 24.1. The Bertz CT molecular complexity index is 550. The Balaban J connectivity index is 0.00000312. The maximum Gasteiger partial charge on any atom is 0.310 e. The van der Waals surface area contributed by atoms with Crippen LogP contribution in [0.5, 0.6) is 5.75 Å². The highest BCUT2D eigenvalue weighted by molar-refractivity contribution is 7.99. The number of methoxy groups -OCH3 is 1. The van der Waals surface area contributed by atoms with Crippen LogP contribution in [0.15, 0.2) is 24.3 Å². The molecule has 1 aliphatic rings. The van der Waals surface area contributed by atoms with Crippen molar-refractivity contribution in [2.24, 2.45) is 5.92 Å². The van der Waals surface area contributed by atoms with Gasteiger partial charge in [-0.15, -0.1) is 24.2 Å². The van der Waals surface area contributed by atoms with Crippen LogP contribution in [0.3, 0.4) is 0 Å². The molecule has 1 heterocycles. The van der Waals surface area contributed by atoms with Gasteiger partial charge in [0.05, 0.1) is 25.7 Å². The van der Waals surface area contributed by atoms with E-state index in [-0.39, 0.29) is 36.9 Å². The number of nitrogens with one attached hydrogen (secondary N) is 2. The monoisotopic (exact) mass is 388 g/mol. The van der Waals surface area contributed by atoms with E-state index in [1.807, 2.05) is 31.2 Å². The maximum atomic E-state index is 12.1. The molecule has 1 aliphatic heterocycles. The third-order valence-electron chi connectivity index (χ3n) is 3.81. The maximum absolute atomic E-state index is 12.1. The quantitative estimate of drug-likeness (QED) is 0.659. The zero-order chi connectivity index (χ0) is 17.4. The van der Waals surface area contributed by atoms with Gasteiger partial charge in [0, 0.05) is 18.2 Å². The molecule has 2 rings (SSSR count). The van der Waals surface area contributed by atoms with E-state index in [9.17, 15) is 9.59 Å². The summed E-state index contributed by atoms with van der Waals surface area (Å²) >= 11 is 1.69. The van der Waals surface area contributed by atoms with Gasteiger partial charge in [-0.3, -0.25) is 14.9 Å². The molecule has 6 nitrogen and oxygen atoms in total. The lowest BCUT2D eigenvalue weighted by atomic mass is 9.99. The van der Waals surface area contributed by atoms with Crippen LogP contribution >= 0.6 is 24.2 Å². The molecule has 140 valence electrons. The fourth-order valence-electron chi connectivity index (χ4n) is 2.49. The second-order valence-electron chi connectivity index (χ2n) is 5.52. The molecule has 0 aliphatic carbocycles. The molecule has 1 aromatic carbocycles. The molecular formula is C17H25ClN2O4S. The summed E-state index contributed by atoms with van der Waals surface area (Å²) in [5.74, 6) is 1.54. The highest BCUT2D eigenvalue weighted by Crippen LogP contribution is 2.16. The lowest BCUT2D eigenvalue weighted by Crippen LogP contribution is -2.45. The number of rotatable bonds is 8. The molecule has 8 heteroatoms. The van der Waals surface area contributed by atoms with E-state index < -0.39 is 5.92 Å². The molecule has 1 amide bonds. The topological polar surface area (TPSA) is 76.7 Å². The van der Waals surface area contributed by atoms with Crippen LogP contribution in [0.4, 0.5) is 0 Å². The average molecular weight is 389 g/mol. The molecule has 25 heavy (non-hydrogen) atoms. The minimum Gasteiger partial charge on any atom is -0.494 e. The van der Waals surface area contributed by atoms with Gasteiger partial charge >= 0.3 is 5.97 Å². The van der Waals surface area contributed by atoms with Crippen molar-refractivity contribution in [2.45, 2.75) is 19.4 Å². The average Bonchev–Trinajstić information content (AvgIpc) is 3.14. The predicted molar refractivity (Wildman–Crippen MR) is 101 cm³/mol. The Morgan fingerprint density at radius 2 is 2.08 bits per heavy atom. The van der Waals surface area contributed by atoms with Crippen molar-refractivity contribution >= 4 is 36.0 Å². The molecule has 2 unspecified atom stereocenters. The number of halogens is 1. The number of benzene rings is 1. The van der Waals surface area contributed by atoms with Crippen LogP contribution in [0.25, 0.3) is 0 Å². The number of carbonyl (C=O) groups excluding carboxylic acids is 2. The molecule has 1 fully saturated rings. The predicted octanol–water partition coefficient (Wildman–Crippen LogP) is 1.62. The number of hydrogen-bond donors (Lipinski definition) is 2. The summed E-state index contributed by atoms with van der Waals surface area (Å²) in [6.45, 7) is 2.81. The van der Waals surface area contributed by atoms with Gasteiger partial charge in [0.15, 0.2) is 0 Å². The first-order chi connectivity index (χ1) is 11.6. The van der Waals surface area contributed by atoms with Crippen LogP contribution in [-0.2, 0) is 20.7 Å². The zero-order valence-corrected chi connectivity index (χ0v) is 16.1. The van der Waals surface area contributed by atoms with Gasteiger partial charge in [-0.1, -0.05) is 12.1 Å². The van der Waals surface area contributed by atoms with Crippen LogP contribution in [-0.4, -0.2) is 49.8 Å². The van der Waals surface area contributed by atoms with Crippen LogP contribution < -0.4 is 15.4 Å². The number of amides is 1. The van der Waals surface area contributed by atoms with Gasteiger partial charge in [-0.25, -0.2) is 0 Å². The van der Waals surface area contributed by atoms with Gasteiger partial charge in [-0.05, 0) is 31.0 Å². The molecule has 2 atom stereocenters. The first-order valence-corrected chi connectivity index (χ1v) is 9.18. The third-order valence-corrected chi connectivity index (χ3v) is 4.75. The summed E-state index contributed by atoms with van der Waals surface area (Å²) in [5.41, 5.74) is 0.998. The molecule has 1 aromatic rings. The minimum absolute atomic E-state index is 0. The zero-order valence-electron chi connectivity index (χ0n) is 14.4. The van der Waals surface area contributed by atoms with Crippen molar-refractivity contribution in [3.05, 3.63) is 29.8 Å². The van der Waals surface area contributed by atoms with Gasteiger partial charge in [0.25, 0.3) is 0 Å². The molecule has 0 spiro atoms. The Morgan fingerprint density at radius 1 is 1.36 bits per heavy atom. The Hall–Kier alpha value is -1.44. The molecule has 1 saturated heterocycles. The highest BCUT2D eigenvalue weighted by Gasteiger charge is 2.25. The number of hydrogen-bond acceptors (Lipinski definition) is 6. The largest absolute Gasteiger partial charge is 0.494 e. The first-order valence-electron chi connectivity index (χ1n) is 8.02. The van der Waals surface area contributed by atoms with E-state index in [1.54, 1.807) is 11.8 Å². The Kier molecular flexibility index (Phi) is 9.70. The van der Waals surface area contributed by atoms with Crippen molar-refractivity contribution in [3.8, 4) is 5.75 Å². The van der Waals surface area contributed by atoms with E-state index >= 15 is 0 Å². The Labute approximate surface area is 158 Å². The first kappa shape index (κ1) is 21.6. The van der Waals surface area contributed by atoms with Crippen molar-refractivity contribution in [3.63, 3.8) is 0 Å². The minimum atomic E-state index is -0.411. The molecule has 0 saturated carbocycles. The molecule has 0 aromatic heterocycles. The lowest BCUT2D eigenvalue weighted by molar-refractivity contribution is -0.145. The van der Waals surface area contributed by atoms with E-state index in [0.29, 0.717) is 13.0 Å². The van der Waals surface area contributed by atoms with Crippen molar-refractivity contribution < 1.29 is 19.1 Å². The number of ether oxygens (including phenoxy) is 2. The van der Waals surface area contributed by atoms with E-state index in [4.69, 9.17) is 9.47 Å². The highest BCUT2D eigenvalue weighted by atomic mass is 35.5. The van der Waals surface area contributed by atoms with E-state index in [1.165, 1.54) is 7.11 Å². The summed E-state index contributed by atoms with van der Waals surface area (Å²) < 4.78 is 10.3. The summed E-state index contributed by atoms with van der Waals surface area (Å²) in [5, 5.41) is 5.96. The summed E-state index contributed by atoms with van der Waals surface area (Å²) in [6.07, 6.45) is 0.506. The van der Waals surface area contributed by atoms with Gasteiger partial charge in [-0.2, -0.15) is 0 Å². The second kappa shape index (κ2) is 11.2. The number of carbonyl (C=O) groups is 2. The fraction of sp³-hybridized carbons (Fsp3) is 0.529. The van der Waals surface area contributed by atoms with Crippen molar-refractivity contribution in [1.82, 2.24) is 10.6 Å². The van der Waals surface area contributed by atoms with Crippen LogP contribution in [0, 0.1) is 5.92 Å². The smallest absolute Gasteiger partial charge is 0.310 e. The van der Waals surface area contributed by atoms with Crippen molar-refractivity contribution in [1.29, 1.82) is 0 Å². The fourth-order valence-corrected chi connectivity index (χ4v) is 3.43. The standard InChI is InChI=1S/C17H24N2O4S.ClH/c1-3-23-14-6-4-12(5-7-14)8-13(17(21)22-2)9-18-16(20)15-10-24-11-19-15;/h4-7,13,15,19H,3,8-11H2,1-2H3,(H,18,20);1H. The molecular weight excluding hydrogens is 364 g/mol. The second-order valence-corrected chi connectivity index (χ2v) is 6.55. The van der Waals surface area contributed by atoms with Gasteiger partial charge in [0.2, 0.25) is 5.91 Å². The number of esters is 1. The SMILES string of the molecule is CCOc1ccc(CC(CNC(=O)C2CSCN2)C(=O)OC)cc1.Cl. The number of thioether (sulfide) groups is 1. The summed E-state index contributed by atoms with van der Waals surface area (Å²) in [6, 6.07) is 7.44.